The van der Waals surface area contributed by atoms with E-state index in [4.69, 9.17) is 16.3 Å². The van der Waals surface area contributed by atoms with E-state index >= 15 is 0 Å². The lowest BCUT2D eigenvalue weighted by molar-refractivity contribution is 0.0950. The van der Waals surface area contributed by atoms with Crippen LogP contribution in [-0.4, -0.2) is 32.5 Å². The highest BCUT2D eigenvalue weighted by Gasteiger charge is 2.29. The number of benzene rings is 2. The Balaban J connectivity index is 1.57. The minimum absolute atomic E-state index is 0.0243. The van der Waals surface area contributed by atoms with Gasteiger partial charge in [0.2, 0.25) is 5.88 Å². The number of aromatic nitrogens is 1. The molecule has 1 aromatic heterocycles. The molecule has 3 aromatic rings. The monoisotopic (exact) mass is 485 g/mol. The number of hydrogen-bond donors (Lipinski definition) is 1. The SMILES string of the molecule is CCOc1cc(CNC(=O)c2cc(S(=O)(=O)N3CCCc4ccccc43)ccc2Cl)ccn1. The molecule has 0 radical (unpaired) electrons. The standard InChI is InChI=1S/C24H24ClN3O4S/c1-2-32-23-14-17(11-12-26-23)16-27-24(29)20-15-19(9-10-21(20)25)33(30,31)28-13-5-7-18-6-3-4-8-22(18)28/h3-4,6,8-12,14-15H,2,5,7,13,16H2,1H3,(H,27,29). The number of halogens is 1. The number of pyridine rings is 1. The molecule has 1 aliphatic heterocycles. The van der Waals surface area contributed by atoms with Crippen LogP contribution >= 0.6 is 11.6 Å². The first-order valence-electron chi connectivity index (χ1n) is 10.7. The van der Waals surface area contributed by atoms with Gasteiger partial charge in [0.15, 0.2) is 0 Å². The molecule has 0 saturated heterocycles. The van der Waals surface area contributed by atoms with Crippen LogP contribution in [0, 0.1) is 0 Å². The number of rotatable bonds is 7. The molecule has 172 valence electrons. The Kier molecular flexibility index (Phi) is 6.85. The summed E-state index contributed by atoms with van der Waals surface area (Å²) in [5, 5.41) is 2.96. The number of fused-ring (bicyclic) bond motifs is 1. The summed E-state index contributed by atoms with van der Waals surface area (Å²) in [6.07, 6.45) is 3.16. The van der Waals surface area contributed by atoms with Crippen molar-refractivity contribution < 1.29 is 17.9 Å². The smallest absolute Gasteiger partial charge is 0.264 e. The van der Waals surface area contributed by atoms with Gasteiger partial charge in [-0.3, -0.25) is 9.10 Å². The van der Waals surface area contributed by atoms with Crippen molar-refractivity contribution >= 4 is 33.2 Å². The molecule has 1 amide bonds. The van der Waals surface area contributed by atoms with Crippen molar-refractivity contribution in [2.75, 3.05) is 17.5 Å². The quantitative estimate of drug-likeness (QED) is 0.541. The average molecular weight is 486 g/mol. The number of sulfonamides is 1. The van der Waals surface area contributed by atoms with E-state index < -0.39 is 15.9 Å². The number of carbonyl (C=O) groups is 1. The summed E-state index contributed by atoms with van der Waals surface area (Å²) < 4.78 is 33.7. The first kappa shape index (κ1) is 23.1. The first-order chi connectivity index (χ1) is 15.9. The number of para-hydroxylation sites is 1. The van der Waals surface area contributed by atoms with E-state index in [2.05, 4.69) is 10.3 Å². The third-order valence-corrected chi connectivity index (χ3v) is 7.52. The van der Waals surface area contributed by atoms with Crippen LogP contribution in [0.5, 0.6) is 5.88 Å². The second kappa shape index (κ2) is 9.80. The summed E-state index contributed by atoms with van der Waals surface area (Å²) in [4.78, 5) is 17.0. The Bertz CT molecular complexity index is 1280. The van der Waals surface area contributed by atoms with Gasteiger partial charge in [0.25, 0.3) is 15.9 Å². The van der Waals surface area contributed by atoms with E-state index in [0.29, 0.717) is 24.7 Å². The molecule has 2 heterocycles. The first-order valence-corrected chi connectivity index (χ1v) is 12.5. The number of ether oxygens (including phenoxy) is 1. The fraction of sp³-hybridized carbons (Fsp3) is 0.250. The lowest BCUT2D eigenvalue weighted by Crippen LogP contribution is -2.35. The highest BCUT2D eigenvalue weighted by Crippen LogP contribution is 2.32. The molecule has 0 fully saturated rings. The zero-order valence-corrected chi connectivity index (χ0v) is 19.7. The lowest BCUT2D eigenvalue weighted by atomic mass is 10.0. The van der Waals surface area contributed by atoms with Gasteiger partial charge in [-0.15, -0.1) is 0 Å². The Morgan fingerprint density at radius 1 is 1.18 bits per heavy atom. The molecule has 2 aromatic carbocycles. The van der Waals surface area contributed by atoms with E-state index in [1.165, 1.54) is 22.5 Å². The third-order valence-electron chi connectivity index (χ3n) is 5.38. The molecule has 4 rings (SSSR count). The van der Waals surface area contributed by atoms with Crippen molar-refractivity contribution in [3.05, 3.63) is 82.5 Å². The highest BCUT2D eigenvalue weighted by atomic mass is 35.5. The Hall–Kier alpha value is -3.10. The van der Waals surface area contributed by atoms with Crippen LogP contribution in [-0.2, 0) is 23.0 Å². The molecule has 1 aliphatic rings. The van der Waals surface area contributed by atoms with Crippen molar-refractivity contribution in [1.29, 1.82) is 0 Å². The molecule has 0 bridgehead atoms. The van der Waals surface area contributed by atoms with E-state index in [1.807, 2.05) is 25.1 Å². The number of nitrogens with zero attached hydrogens (tertiary/aromatic N) is 2. The van der Waals surface area contributed by atoms with Crippen LogP contribution < -0.4 is 14.4 Å². The summed E-state index contributed by atoms with van der Waals surface area (Å²) >= 11 is 6.26. The van der Waals surface area contributed by atoms with Gasteiger partial charge in [-0.1, -0.05) is 29.8 Å². The highest BCUT2D eigenvalue weighted by molar-refractivity contribution is 7.92. The molecule has 7 nitrogen and oxygen atoms in total. The Labute approximate surface area is 198 Å². The maximum atomic E-state index is 13.4. The third kappa shape index (κ3) is 4.96. The summed E-state index contributed by atoms with van der Waals surface area (Å²) in [6, 6.07) is 15.2. The second-order valence-corrected chi connectivity index (χ2v) is 9.84. The van der Waals surface area contributed by atoms with Crippen molar-refractivity contribution in [3.63, 3.8) is 0 Å². The van der Waals surface area contributed by atoms with Gasteiger partial charge >= 0.3 is 0 Å². The number of aryl methyl sites for hydroxylation is 1. The zero-order chi connectivity index (χ0) is 23.4. The molecule has 0 aliphatic carbocycles. The molecular formula is C24H24ClN3O4S. The van der Waals surface area contributed by atoms with Gasteiger partial charge < -0.3 is 10.1 Å². The maximum Gasteiger partial charge on any atom is 0.264 e. The normalized spacial score (nSPS) is 13.3. The van der Waals surface area contributed by atoms with Crippen LogP contribution in [0.2, 0.25) is 5.02 Å². The van der Waals surface area contributed by atoms with Crippen molar-refractivity contribution in [2.24, 2.45) is 0 Å². The molecule has 33 heavy (non-hydrogen) atoms. The molecule has 0 spiro atoms. The van der Waals surface area contributed by atoms with Crippen molar-refractivity contribution in [3.8, 4) is 5.88 Å². The van der Waals surface area contributed by atoms with Crippen LogP contribution in [0.4, 0.5) is 5.69 Å². The predicted molar refractivity (Wildman–Crippen MR) is 127 cm³/mol. The maximum absolute atomic E-state index is 13.4. The fourth-order valence-corrected chi connectivity index (χ4v) is 5.55. The molecule has 9 heteroatoms. The van der Waals surface area contributed by atoms with Gasteiger partial charge in [-0.2, -0.15) is 0 Å². The van der Waals surface area contributed by atoms with E-state index in [-0.39, 0.29) is 22.0 Å². The summed E-state index contributed by atoms with van der Waals surface area (Å²) in [5.74, 6) is 0.00283. The van der Waals surface area contributed by atoms with Crippen LogP contribution in [0.15, 0.2) is 65.7 Å². The molecule has 0 atom stereocenters. The number of amides is 1. The van der Waals surface area contributed by atoms with E-state index in [9.17, 15) is 13.2 Å². The zero-order valence-electron chi connectivity index (χ0n) is 18.1. The number of anilines is 1. The van der Waals surface area contributed by atoms with Gasteiger partial charge in [0.1, 0.15) is 0 Å². The molecule has 0 unspecified atom stereocenters. The predicted octanol–water partition coefficient (Wildman–Crippen LogP) is 4.21. The molecule has 1 N–H and O–H groups in total. The van der Waals surface area contributed by atoms with Crippen LogP contribution in [0.25, 0.3) is 0 Å². The summed E-state index contributed by atoms with van der Waals surface area (Å²) in [7, 11) is -3.86. The van der Waals surface area contributed by atoms with Crippen LogP contribution in [0.3, 0.4) is 0 Å². The van der Waals surface area contributed by atoms with Crippen LogP contribution in [0.1, 0.15) is 34.8 Å². The van der Waals surface area contributed by atoms with Gasteiger partial charge in [-0.25, -0.2) is 13.4 Å². The summed E-state index contributed by atoms with van der Waals surface area (Å²) in [6.45, 7) is 2.95. The topological polar surface area (TPSA) is 88.6 Å². The minimum Gasteiger partial charge on any atom is -0.478 e. The fourth-order valence-electron chi connectivity index (χ4n) is 3.78. The average Bonchev–Trinajstić information content (AvgIpc) is 2.83. The van der Waals surface area contributed by atoms with Gasteiger partial charge in [0, 0.05) is 25.4 Å². The largest absolute Gasteiger partial charge is 0.478 e. The van der Waals surface area contributed by atoms with Gasteiger partial charge in [-0.05, 0) is 61.2 Å². The Morgan fingerprint density at radius 3 is 2.82 bits per heavy atom. The lowest BCUT2D eigenvalue weighted by Gasteiger charge is -2.30. The van der Waals surface area contributed by atoms with E-state index in [1.54, 1.807) is 24.4 Å². The molecule has 0 saturated carbocycles. The second-order valence-electron chi connectivity index (χ2n) is 7.57. The minimum atomic E-state index is -3.86. The molecular weight excluding hydrogens is 462 g/mol. The Morgan fingerprint density at radius 2 is 2.00 bits per heavy atom. The number of nitrogens with one attached hydrogen (secondary N) is 1. The van der Waals surface area contributed by atoms with Crippen molar-refractivity contribution in [1.82, 2.24) is 10.3 Å². The number of hydrogen-bond acceptors (Lipinski definition) is 5. The van der Waals surface area contributed by atoms with Gasteiger partial charge in [0.05, 0.1) is 27.8 Å². The van der Waals surface area contributed by atoms with Crippen molar-refractivity contribution in [2.45, 2.75) is 31.2 Å². The van der Waals surface area contributed by atoms with E-state index in [0.717, 1.165) is 24.0 Å². The number of carbonyl (C=O) groups excluding carboxylic acids is 1. The summed E-state index contributed by atoms with van der Waals surface area (Å²) in [5.41, 5.74) is 2.56.